The minimum atomic E-state index is -4.36. The van der Waals surface area contributed by atoms with Crippen LogP contribution in [0, 0.1) is 0 Å². The highest BCUT2D eigenvalue weighted by molar-refractivity contribution is 6.70. The lowest BCUT2D eigenvalue weighted by molar-refractivity contribution is -0.155. The first-order valence-electron chi connectivity index (χ1n) is 7.88. The lowest BCUT2D eigenvalue weighted by atomic mass is 9.86. The van der Waals surface area contributed by atoms with Gasteiger partial charge in [-0.2, -0.15) is 13.2 Å². The number of nitrogens with zero attached hydrogens (tertiary/aromatic N) is 1. The second-order valence-electron chi connectivity index (χ2n) is 7.23. The molecule has 1 aromatic heterocycles. The van der Waals surface area contributed by atoms with Gasteiger partial charge in [0.1, 0.15) is 0 Å². The molecule has 1 heterocycles. The lowest BCUT2D eigenvalue weighted by Crippen LogP contribution is -2.39. The zero-order valence-electron chi connectivity index (χ0n) is 13.9. The minimum absolute atomic E-state index is 0.0287. The Kier molecular flexibility index (Phi) is 4.80. The van der Waals surface area contributed by atoms with Crippen LogP contribution in [-0.2, 0) is 6.42 Å². The molecule has 0 bridgehead atoms. The molecule has 1 aliphatic carbocycles. The number of rotatable bonds is 2. The topological polar surface area (TPSA) is 14.2 Å². The van der Waals surface area contributed by atoms with Crippen LogP contribution >= 0.6 is 34.8 Å². The number of aromatic nitrogens is 1. The lowest BCUT2D eigenvalue weighted by Gasteiger charge is -2.30. The van der Waals surface area contributed by atoms with Crippen molar-refractivity contribution in [3.8, 4) is 0 Å². The van der Waals surface area contributed by atoms with Crippen molar-refractivity contribution in [1.29, 1.82) is 0 Å². The highest BCUT2D eigenvalue weighted by Crippen LogP contribution is 2.49. The summed E-state index contributed by atoms with van der Waals surface area (Å²) in [4.78, 5) is 0. The summed E-state index contributed by atoms with van der Waals surface area (Å²) in [5, 5.41) is 1.04. The molecular formula is C16H17Cl3F3NOSi. The van der Waals surface area contributed by atoms with Gasteiger partial charge in [-0.25, -0.2) is 4.73 Å². The fourth-order valence-corrected chi connectivity index (χ4v) is 4.78. The average Bonchev–Trinajstić information content (AvgIpc) is 2.76. The molecule has 0 fully saturated rings. The highest BCUT2D eigenvalue weighted by Gasteiger charge is 2.46. The molecule has 3 rings (SSSR count). The zero-order valence-corrected chi connectivity index (χ0v) is 17.2. The van der Waals surface area contributed by atoms with Gasteiger partial charge in [0.25, 0.3) is 8.32 Å². The molecule has 0 saturated carbocycles. The van der Waals surface area contributed by atoms with Gasteiger partial charge in [0.05, 0.1) is 32.2 Å². The van der Waals surface area contributed by atoms with Crippen LogP contribution in [0.2, 0.25) is 34.7 Å². The van der Waals surface area contributed by atoms with E-state index in [9.17, 15) is 13.2 Å². The molecule has 0 amide bonds. The van der Waals surface area contributed by atoms with Crippen LogP contribution in [0.4, 0.5) is 13.2 Å². The summed E-state index contributed by atoms with van der Waals surface area (Å²) in [6.45, 7) is 5.74. The predicted octanol–water partition coefficient (Wildman–Crippen LogP) is 6.85. The molecule has 1 aromatic carbocycles. The van der Waals surface area contributed by atoms with Gasteiger partial charge in [-0.15, -0.1) is 0 Å². The first-order chi connectivity index (χ1) is 11.4. The number of alkyl halides is 3. The van der Waals surface area contributed by atoms with Crippen LogP contribution in [0.15, 0.2) is 6.07 Å². The molecular weight excluding hydrogens is 414 g/mol. The Morgan fingerprint density at radius 1 is 1.16 bits per heavy atom. The summed E-state index contributed by atoms with van der Waals surface area (Å²) in [5.74, 6) is -1.59. The Bertz CT molecular complexity index is 842. The summed E-state index contributed by atoms with van der Waals surface area (Å²) in [7, 11) is -2.20. The molecule has 0 aliphatic heterocycles. The number of halogens is 6. The second kappa shape index (κ2) is 6.25. The van der Waals surface area contributed by atoms with Gasteiger partial charge in [-0.05, 0) is 50.5 Å². The SMILES string of the molecule is C[Si](C)(C)On1c2c(c3c(Cl)c(Cl)c(Cl)cc31)CCCC2C(F)(F)F. The van der Waals surface area contributed by atoms with Crippen LogP contribution in [0.25, 0.3) is 10.9 Å². The van der Waals surface area contributed by atoms with Crippen molar-refractivity contribution in [2.75, 3.05) is 0 Å². The Morgan fingerprint density at radius 2 is 1.80 bits per heavy atom. The maximum Gasteiger partial charge on any atom is 0.397 e. The third-order valence-corrected chi connectivity index (χ3v) is 6.19. The second-order valence-corrected chi connectivity index (χ2v) is 12.8. The van der Waals surface area contributed by atoms with Gasteiger partial charge in [0, 0.05) is 5.39 Å². The quantitative estimate of drug-likeness (QED) is 0.375. The molecule has 0 radical (unpaired) electrons. The van der Waals surface area contributed by atoms with E-state index in [4.69, 9.17) is 39.3 Å². The van der Waals surface area contributed by atoms with Crippen molar-refractivity contribution >= 4 is 54.0 Å². The van der Waals surface area contributed by atoms with E-state index in [1.165, 1.54) is 10.8 Å². The molecule has 0 N–H and O–H groups in total. The molecule has 1 unspecified atom stereocenters. The summed E-state index contributed by atoms with van der Waals surface area (Å²) in [5.41, 5.74) is 1.14. The van der Waals surface area contributed by atoms with E-state index in [0.717, 1.165) is 0 Å². The molecule has 2 aromatic rings. The van der Waals surface area contributed by atoms with Crippen molar-refractivity contribution in [3.05, 3.63) is 32.4 Å². The Balaban J connectivity index is 2.41. The Hall–Kier alpha value is -0.563. The molecule has 1 aliphatic rings. The molecule has 138 valence electrons. The van der Waals surface area contributed by atoms with Crippen LogP contribution in [0.5, 0.6) is 0 Å². The third-order valence-electron chi connectivity index (χ3n) is 4.20. The zero-order chi connectivity index (χ0) is 18.7. The smallest absolute Gasteiger partial charge is 0.397 e. The Morgan fingerprint density at radius 3 is 2.36 bits per heavy atom. The van der Waals surface area contributed by atoms with Crippen LogP contribution in [0.3, 0.4) is 0 Å². The number of hydrogen-bond donors (Lipinski definition) is 0. The molecule has 25 heavy (non-hydrogen) atoms. The molecule has 0 spiro atoms. The highest BCUT2D eigenvalue weighted by atomic mass is 35.5. The number of hydrogen-bond acceptors (Lipinski definition) is 1. The van der Waals surface area contributed by atoms with Gasteiger partial charge < -0.3 is 4.53 Å². The number of benzene rings is 1. The van der Waals surface area contributed by atoms with E-state index in [2.05, 4.69) is 0 Å². The van der Waals surface area contributed by atoms with Crippen molar-refractivity contribution in [2.24, 2.45) is 0 Å². The largest absolute Gasteiger partial charge is 0.470 e. The van der Waals surface area contributed by atoms with E-state index >= 15 is 0 Å². The molecule has 9 heteroatoms. The monoisotopic (exact) mass is 429 g/mol. The summed E-state index contributed by atoms with van der Waals surface area (Å²) in [6.07, 6.45) is -3.40. The Labute approximate surface area is 159 Å². The normalized spacial score (nSPS) is 18.5. The van der Waals surface area contributed by atoms with Crippen molar-refractivity contribution in [3.63, 3.8) is 0 Å². The molecule has 0 saturated heterocycles. The summed E-state index contributed by atoms with van der Waals surface area (Å²) < 4.78 is 48.4. The van der Waals surface area contributed by atoms with Crippen LogP contribution in [0.1, 0.15) is 30.0 Å². The average molecular weight is 431 g/mol. The molecule has 1 atom stereocenters. The van der Waals surface area contributed by atoms with Gasteiger partial charge in [0.2, 0.25) is 0 Å². The van der Waals surface area contributed by atoms with Gasteiger partial charge in [-0.3, -0.25) is 0 Å². The van der Waals surface area contributed by atoms with Gasteiger partial charge in [-0.1, -0.05) is 34.8 Å². The first kappa shape index (κ1) is 19.2. The van der Waals surface area contributed by atoms with E-state index in [0.29, 0.717) is 29.3 Å². The van der Waals surface area contributed by atoms with Crippen LogP contribution in [-0.4, -0.2) is 19.2 Å². The summed E-state index contributed by atoms with van der Waals surface area (Å²) >= 11 is 18.6. The first-order valence-corrected chi connectivity index (χ1v) is 12.4. The van der Waals surface area contributed by atoms with Crippen molar-refractivity contribution in [1.82, 2.24) is 4.73 Å². The fraction of sp³-hybridized carbons (Fsp3) is 0.500. The van der Waals surface area contributed by atoms with Crippen molar-refractivity contribution < 1.29 is 17.7 Å². The van der Waals surface area contributed by atoms with Gasteiger partial charge >= 0.3 is 6.18 Å². The third kappa shape index (κ3) is 3.38. The van der Waals surface area contributed by atoms with E-state index in [1.807, 2.05) is 19.6 Å². The molecule has 2 nitrogen and oxygen atoms in total. The summed E-state index contributed by atoms with van der Waals surface area (Å²) in [6, 6.07) is 1.54. The van der Waals surface area contributed by atoms with E-state index in [1.54, 1.807) is 0 Å². The number of aryl methyl sites for hydroxylation is 1. The minimum Gasteiger partial charge on any atom is -0.470 e. The fourth-order valence-electron chi connectivity index (χ4n) is 3.33. The standard InChI is InChI=1S/C16H17Cl3F3NOSi/c1-25(2,3)24-23-11-7-10(17)13(18)14(19)12(11)8-5-4-6-9(15(8)23)16(20,21)22/h7,9H,4-6H2,1-3H3. The van der Waals surface area contributed by atoms with E-state index in [-0.39, 0.29) is 27.2 Å². The van der Waals surface area contributed by atoms with Crippen LogP contribution < -0.4 is 4.53 Å². The van der Waals surface area contributed by atoms with Gasteiger partial charge in [0.15, 0.2) is 0 Å². The maximum absolute atomic E-state index is 13.7. The predicted molar refractivity (Wildman–Crippen MR) is 98.6 cm³/mol. The number of fused-ring (bicyclic) bond motifs is 3. The van der Waals surface area contributed by atoms with Crippen molar-refractivity contribution in [2.45, 2.75) is 51.0 Å². The maximum atomic E-state index is 13.7. The van der Waals surface area contributed by atoms with E-state index < -0.39 is 20.4 Å².